The molecule has 0 aromatic heterocycles. The van der Waals surface area contributed by atoms with E-state index in [1.807, 2.05) is 18.2 Å². The van der Waals surface area contributed by atoms with Crippen molar-refractivity contribution in [2.45, 2.75) is 25.8 Å². The summed E-state index contributed by atoms with van der Waals surface area (Å²) in [5, 5.41) is 4.72. The van der Waals surface area contributed by atoms with Crippen molar-refractivity contribution >= 4 is 18.0 Å². The molecule has 0 saturated carbocycles. The summed E-state index contributed by atoms with van der Waals surface area (Å²) in [6.07, 6.45) is 3.54. The van der Waals surface area contributed by atoms with Crippen LogP contribution in [0.3, 0.4) is 0 Å². The van der Waals surface area contributed by atoms with Crippen molar-refractivity contribution in [2.75, 3.05) is 0 Å². The molecule has 94 valence electrons. The van der Waals surface area contributed by atoms with Crippen LogP contribution < -0.4 is 10.6 Å². The highest BCUT2D eigenvalue weighted by Gasteiger charge is 2.26. The lowest BCUT2D eigenvalue weighted by Crippen LogP contribution is -2.26. The fourth-order valence-electron chi connectivity index (χ4n) is 1.80. The predicted molar refractivity (Wildman–Crippen MR) is 70.0 cm³/mol. The van der Waals surface area contributed by atoms with Gasteiger partial charge in [-0.1, -0.05) is 50.3 Å². The number of carbonyl (C=O) groups excluding carboxylic acids is 2. The van der Waals surface area contributed by atoms with E-state index >= 15 is 0 Å². The van der Waals surface area contributed by atoms with E-state index in [9.17, 15) is 9.59 Å². The van der Waals surface area contributed by atoms with E-state index < -0.39 is 12.1 Å². The first-order chi connectivity index (χ1) is 8.56. The minimum atomic E-state index is -0.569. The lowest BCUT2D eigenvalue weighted by Gasteiger charge is -2.06. The van der Waals surface area contributed by atoms with Crippen molar-refractivity contribution in [2.24, 2.45) is 0 Å². The van der Waals surface area contributed by atoms with Crippen LogP contribution in [0.25, 0.3) is 6.08 Å². The molecule has 0 radical (unpaired) electrons. The summed E-state index contributed by atoms with van der Waals surface area (Å²) in [6.45, 7) is 4.26. The molecule has 1 aliphatic rings. The molecule has 0 aliphatic carbocycles. The van der Waals surface area contributed by atoms with Gasteiger partial charge in [0.2, 0.25) is 0 Å². The SMILES string of the molecule is CC(C)c1cccc(/C=C/C2NC(=O)NC2=O)c1. The van der Waals surface area contributed by atoms with Crippen LogP contribution >= 0.6 is 0 Å². The second-order valence-electron chi connectivity index (χ2n) is 4.62. The molecule has 4 nitrogen and oxygen atoms in total. The van der Waals surface area contributed by atoms with E-state index in [1.165, 1.54) is 5.56 Å². The van der Waals surface area contributed by atoms with E-state index in [4.69, 9.17) is 0 Å². The van der Waals surface area contributed by atoms with Crippen molar-refractivity contribution in [1.29, 1.82) is 0 Å². The Morgan fingerprint density at radius 1 is 1.28 bits per heavy atom. The van der Waals surface area contributed by atoms with Gasteiger partial charge < -0.3 is 5.32 Å². The van der Waals surface area contributed by atoms with Crippen LogP contribution in [0.5, 0.6) is 0 Å². The summed E-state index contributed by atoms with van der Waals surface area (Å²) in [5.41, 5.74) is 2.27. The van der Waals surface area contributed by atoms with Gasteiger partial charge in [-0.05, 0) is 17.0 Å². The second kappa shape index (κ2) is 5.04. The van der Waals surface area contributed by atoms with Gasteiger partial charge in [0.1, 0.15) is 6.04 Å². The number of benzene rings is 1. The number of urea groups is 1. The molecule has 1 saturated heterocycles. The summed E-state index contributed by atoms with van der Waals surface area (Å²) in [6, 6.07) is 7.10. The third-order valence-corrected chi connectivity index (χ3v) is 2.86. The summed E-state index contributed by atoms with van der Waals surface area (Å²) in [4.78, 5) is 22.3. The van der Waals surface area contributed by atoms with E-state index in [-0.39, 0.29) is 5.91 Å². The number of imide groups is 1. The lowest BCUT2D eigenvalue weighted by atomic mass is 10.0. The highest BCUT2D eigenvalue weighted by Crippen LogP contribution is 2.16. The molecule has 3 amide bonds. The van der Waals surface area contributed by atoms with E-state index in [0.29, 0.717) is 5.92 Å². The van der Waals surface area contributed by atoms with Gasteiger partial charge in [0, 0.05) is 0 Å². The van der Waals surface area contributed by atoms with E-state index in [0.717, 1.165) is 5.56 Å². The quantitative estimate of drug-likeness (QED) is 0.799. The topological polar surface area (TPSA) is 58.2 Å². The van der Waals surface area contributed by atoms with Crippen molar-refractivity contribution in [3.63, 3.8) is 0 Å². The molecule has 4 heteroatoms. The van der Waals surface area contributed by atoms with E-state index in [2.05, 4.69) is 36.6 Å². The minimum Gasteiger partial charge on any atom is -0.322 e. The molecule has 2 N–H and O–H groups in total. The Morgan fingerprint density at radius 2 is 2.06 bits per heavy atom. The molecule has 1 aliphatic heterocycles. The monoisotopic (exact) mass is 244 g/mol. The number of carbonyl (C=O) groups is 2. The van der Waals surface area contributed by atoms with Crippen molar-refractivity contribution < 1.29 is 9.59 Å². The van der Waals surface area contributed by atoms with Gasteiger partial charge in [-0.2, -0.15) is 0 Å². The van der Waals surface area contributed by atoms with Crippen molar-refractivity contribution in [1.82, 2.24) is 10.6 Å². The predicted octanol–water partition coefficient (Wildman–Crippen LogP) is 2.03. The first kappa shape index (κ1) is 12.4. The first-order valence-electron chi connectivity index (χ1n) is 5.96. The van der Waals surface area contributed by atoms with Gasteiger partial charge in [0.25, 0.3) is 5.91 Å². The Labute approximate surface area is 106 Å². The molecular weight excluding hydrogens is 228 g/mol. The standard InChI is InChI=1S/C14H16N2O2/c1-9(2)11-5-3-4-10(8-11)6-7-12-13(17)16-14(18)15-12/h3-9,12H,1-2H3,(H2,15,16,17,18)/b7-6+. The van der Waals surface area contributed by atoms with Gasteiger partial charge in [0.15, 0.2) is 0 Å². The highest BCUT2D eigenvalue weighted by atomic mass is 16.2. The highest BCUT2D eigenvalue weighted by molar-refractivity contribution is 6.05. The Hall–Kier alpha value is -2.10. The maximum atomic E-state index is 11.3. The number of nitrogens with one attached hydrogen (secondary N) is 2. The smallest absolute Gasteiger partial charge is 0.322 e. The molecule has 1 fully saturated rings. The van der Waals surface area contributed by atoms with Crippen LogP contribution in [-0.2, 0) is 4.79 Å². The molecule has 0 bridgehead atoms. The van der Waals surface area contributed by atoms with Crippen LogP contribution in [-0.4, -0.2) is 18.0 Å². The number of hydrogen-bond donors (Lipinski definition) is 2. The molecule has 18 heavy (non-hydrogen) atoms. The Kier molecular flexibility index (Phi) is 3.46. The average Bonchev–Trinajstić information content (AvgIpc) is 2.65. The van der Waals surface area contributed by atoms with Gasteiger partial charge in [0.05, 0.1) is 0 Å². The third-order valence-electron chi connectivity index (χ3n) is 2.86. The van der Waals surface area contributed by atoms with Crippen LogP contribution in [0, 0.1) is 0 Å². The third kappa shape index (κ3) is 2.77. The number of amides is 3. The molecule has 1 aromatic carbocycles. The molecule has 2 rings (SSSR count). The fourth-order valence-corrected chi connectivity index (χ4v) is 1.80. The largest absolute Gasteiger partial charge is 0.322 e. The lowest BCUT2D eigenvalue weighted by molar-refractivity contribution is -0.119. The maximum absolute atomic E-state index is 11.3. The maximum Gasteiger partial charge on any atom is 0.322 e. The van der Waals surface area contributed by atoms with Crippen LogP contribution in [0.4, 0.5) is 4.79 Å². The average molecular weight is 244 g/mol. The second-order valence-corrected chi connectivity index (χ2v) is 4.62. The minimum absolute atomic E-state index is 0.309. The summed E-state index contributed by atoms with van der Waals surface area (Å²) < 4.78 is 0. The zero-order valence-corrected chi connectivity index (χ0v) is 10.4. The zero-order valence-electron chi connectivity index (χ0n) is 10.4. The molecular formula is C14H16N2O2. The molecule has 1 heterocycles. The number of rotatable bonds is 3. The van der Waals surface area contributed by atoms with E-state index in [1.54, 1.807) is 6.08 Å². The Balaban J connectivity index is 2.11. The molecule has 1 atom stereocenters. The normalized spacial score (nSPS) is 19.4. The number of hydrogen-bond acceptors (Lipinski definition) is 2. The van der Waals surface area contributed by atoms with Crippen molar-refractivity contribution in [3.05, 3.63) is 41.5 Å². The van der Waals surface area contributed by atoms with Gasteiger partial charge >= 0.3 is 6.03 Å². The first-order valence-corrected chi connectivity index (χ1v) is 5.96. The van der Waals surface area contributed by atoms with Crippen LogP contribution in [0.2, 0.25) is 0 Å². The fraction of sp³-hybridized carbons (Fsp3) is 0.286. The Morgan fingerprint density at radius 3 is 2.67 bits per heavy atom. The summed E-state index contributed by atoms with van der Waals surface area (Å²) >= 11 is 0. The van der Waals surface area contributed by atoms with Crippen LogP contribution in [0.15, 0.2) is 30.3 Å². The molecule has 1 aromatic rings. The Bertz CT molecular complexity index is 506. The van der Waals surface area contributed by atoms with Crippen LogP contribution in [0.1, 0.15) is 30.9 Å². The molecule has 0 spiro atoms. The van der Waals surface area contributed by atoms with Gasteiger partial charge in [-0.25, -0.2) is 4.79 Å². The molecule has 1 unspecified atom stereocenters. The summed E-state index contributed by atoms with van der Waals surface area (Å²) in [7, 11) is 0. The zero-order chi connectivity index (χ0) is 13.1. The van der Waals surface area contributed by atoms with Crippen molar-refractivity contribution in [3.8, 4) is 0 Å². The van der Waals surface area contributed by atoms with Gasteiger partial charge in [-0.3, -0.25) is 10.1 Å². The van der Waals surface area contributed by atoms with Gasteiger partial charge in [-0.15, -0.1) is 0 Å². The summed E-state index contributed by atoms with van der Waals surface area (Å²) in [5.74, 6) is 0.157.